The van der Waals surface area contributed by atoms with Gasteiger partial charge in [-0.25, -0.2) is 0 Å². The van der Waals surface area contributed by atoms with Crippen LogP contribution in [0.2, 0.25) is 0 Å². The van der Waals surface area contributed by atoms with Crippen molar-refractivity contribution in [2.75, 3.05) is 11.5 Å². The summed E-state index contributed by atoms with van der Waals surface area (Å²) in [5.41, 5.74) is 0. The van der Waals surface area contributed by atoms with Crippen molar-refractivity contribution in [3.8, 4) is 0 Å². The number of ether oxygens (including phenoxy) is 3. The molecule has 1 N–H and O–H groups in total. The second-order valence-corrected chi connectivity index (χ2v) is 11.6. The molecular weight excluding hydrogens is 544 g/mol. The summed E-state index contributed by atoms with van der Waals surface area (Å²) in [6.07, 6.45) is -0.169. The number of halogens is 2. The van der Waals surface area contributed by atoms with Crippen molar-refractivity contribution >= 4 is 17.9 Å². The maximum atomic E-state index is 12.6. The Hall–Kier alpha value is -0.170. The van der Waals surface area contributed by atoms with Gasteiger partial charge in [-0.2, -0.15) is 0 Å². The number of hydrogen-bond acceptors (Lipinski definition) is 7. The van der Waals surface area contributed by atoms with E-state index in [1.54, 1.807) is 6.92 Å². The number of esters is 3. The van der Waals surface area contributed by atoms with E-state index in [0.29, 0.717) is 10.5 Å². The van der Waals surface area contributed by atoms with Crippen LogP contribution in [-0.2, 0) is 28.6 Å². The monoisotopic (exact) mass is 563 g/mol. The van der Waals surface area contributed by atoms with Crippen LogP contribution in [0, 0.1) is 23.7 Å². The third kappa shape index (κ3) is 2.65. The number of hydrogen-bond donors (Lipinski definition) is 1. The van der Waals surface area contributed by atoms with Crippen LogP contribution >= 0.6 is 0 Å². The molecule has 8 atom stereocenters. The van der Waals surface area contributed by atoms with E-state index < -0.39 is 17.9 Å². The molecule has 4 aliphatic rings. The normalized spacial score (nSPS) is 43.1. The topological polar surface area (TPSA) is 101 Å². The predicted octanol–water partition coefficient (Wildman–Crippen LogP) is -6.71. The van der Waals surface area contributed by atoms with Gasteiger partial charge in [0.1, 0.15) is 0 Å². The summed E-state index contributed by atoms with van der Waals surface area (Å²) in [6, 6.07) is 0. The molecule has 7 nitrogen and oxygen atoms in total. The molecule has 0 aromatic carbocycles. The van der Waals surface area contributed by atoms with Crippen molar-refractivity contribution < 1.29 is 71.3 Å². The molecule has 0 amide bonds. The summed E-state index contributed by atoms with van der Waals surface area (Å²) in [5.74, 6) is -1.99. The van der Waals surface area contributed by atoms with Gasteiger partial charge in [0.05, 0.1) is 0 Å². The molecule has 0 aromatic rings. The predicted molar refractivity (Wildman–Crippen MR) is 71.6 cm³/mol. The summed E-state index contributed by atoms with van der Waals surface area (Å²) < 4.78 is 20.1. The minimum atomic E-state index is -0.528. The minimum absolute atomic E-state index is 0.0176. The fourth-order valence-electron chi connectivity index (χ4n) is 4.37. The van der Waals surface area contributed by atoms with Crippen molar-refractivity contribution in [1.29, 1.82) is 0 Å². The third-order valence-corrected chi connectivity index (χ3v) is 11.3. The van der Waals surface area contributed by atoms with E-state index in [1.807, 2.05) is 0 Å². The standard InChI is InChI=1S/C15H19I2NO6/c1-3-22-13(19)7-5-4-6-8(7)14(20)23-10(6)11(5)24-15(21)9(16-2)12-17-18-12/h5-12,18H,3-4H2,1-2H3/q-2. The van der Waals surface area contributed by atoms with Gasteiger partial charge in [-0.3, -0.25) is 0 Å². The van der Waals surface area contributed by atoms with E-state index in [9.17, 15) is 14.4 Å². The zero-order chi connectivity index (χ0) is 17.0. The fourth-order valence-corrected chi connectivity index (χ4v) is 10.4. The quantitative estimate of drug-likeness (QED) is 0.0653. The van der Waals surface area contributed by atoms with Crippen LogP contribution < -0.4 is 46.2 Å². The van der Waals surface area contributed by atoms with Gasteiger partial charge in [-0.15, -0.1) is 0 Å². The maximum absolute atomic E-state index is 12.6. The molecule has 9 heteroatoms. The Bertz CT molecular complexity index is 582. The van der Waals surface area contributed by atoms with E-state index in [4.69, 9.17) is 14.2 Å². The third-order valence-electron chi connectivity index (χ3n) is 5.31. The van der Waals surface area contributed by atoms with Crippen molar-refractivity contribution in [3.05, 3.63) is 0 Å². The first-order chi connectivity index (χ1) is 11.6. The van der Waals surface area contributed by atoms with Gasteiger partial charge in [0, 0.05) is 0 Å². The molecule has 2 bridgehead atoms. The van der Waals surface area contributed by atoms with Crippen molar-refractivity contribution in [1.82, 2.24) is 3.53 Å². The van der Waals surface area contributed by atoms with E-state index in [2.05, 4.69) is 8.46 Å². The number of alkyl halides is 3. The van der Waals surface area contributed by atoms with Gasteiger partial charge in [0.15, 0.2) is 0 Å². The van der Waals surface area contributed by atoms with Crippen LogP contribution in [0.5, 0.6) is 0 Å². The average molecular weight is 563 g/mol. The van der Waals surface area contributed by atoms with Crippen LogP contribution in [0.15, 0.2) is 0 Å². The molecule has 2 saturated heterocycles. The van der Waals surface area contributed by atoms with E-state index in [1.165, 1.54) is 0 Å². The Morgan fingerprint density at radius 2 is 2.21 bits per heavy atom. The molecule has 2 saturated carbocycles. The number of fused-ring (bicyclic) bond motifs is 1. The fraction of sp³-hybridized carbons (Fsp3) is 0.800. The Kier molecular flexibility index (Phi) is 4.69. The average Bonchev–Trinajstić information content (AvgIpc) is 3.14. The number of carbonyl (C=O) groups excluding carboxylic acids is 3. The Balaban J connectivity index is 1.53. The van der Waals surface area contributed by atoms with E-state index in [0.717, 1.165) is 0 Å². The second-order valence-electron chi connectivity index (χ2n) is 6.41. The molecule has 24 heavy (non-hydrogen) atoms. The zero-order valence-corrected chi connectivity index (χ0v) is 17.6. The van der Waals surface area contributed by atoms with Gasteiger partial charge < -0.3 is 0 Å². The molecule has 0 radical (unpaired) electrons. The van der Waals surface area contributed by atoms with Gasteiger partial charge in [-0.1, -0.05) is 0 Å². The number of rotatable bonds is 6. The summed E-state index contributed by atoms with van der Waals surface area (Å²) >= 11 is -0.317. The Labute approximate surface area is 160 Å². The number of carbonyl (C=O) groups is 3. The summed E-state index contributed by atoms with van der Waals surface area (Å²) in [4.78, 5) is 39.2. The van der Waals surface area contributed by atoms with E-state index >= 15 is 0 Å². The first-order valence-corrected chi connectivity index (χ1v) is 13.7. The van der Waals surface area contributed by atoms with Crippen LogP contribution in [0.1, 0.15) is 13.3 Å². The van der Waals surface area contributed by atoms with Crippen LogP contribution in [0.25, 0.3) is 0 Å². The molecule has 2 heterocycles. The Morgan fingerprint density at radius 3 is 2.83 bits per heavy atom. The van der Waals surface area contributed by atoms with Crippen LogP contribution in [-0.4, -0.2) is 49.6 Å². The first kappa shape index (κ1) is 17.3. The molecule has 2 aliphatic carbocycles. The van der Waals surface area contributed by atoms with Crippen molar-refractivity contribution in [2.45, 2.75) is 33.5 Å². The molecule has 4 fully saturated rings. The van der Waals surface area contributed by atoms with Gasteiger partial charge >= 0.3 is 161 Å². The molecule has 8 unspecified atom stereocenters. The van der Waals surface area contributed by atoms with Gasteiger partial charge in [0.2, 0.25) is 0 Å². The van der Waals surface area contributed by atoms with Crippen molar-refractivity contribution in [2.24, 2.45) is 23.7 Å². The Morgan fingerprint density at radius 1 is 1.46 bits per heavy atom. The molecule has 136 valence electrons. The van der Waals surface area contributed by atoms with Crippen LogP contribution in [0.3, 0.4) is 0 Å². The zero-order valence-electron chi connectivity index (χ0n) is 13.2. The second kappa shape index (κ2) is 6.53. The van der Waals surface area contributed by atoms with Gasteiger partial charge in [0.25, 0.3) is 0 Å². The molecule has 4 rings (SSSR count). The van der Waals surface area contributed by atoms with Crippen molar-refractivity contribution in [3.63, 3.8) is 0 Å². The molecule has 0 spiro atoms. The SMILES string of the molecule is CCOC(=O)C1C2CC3C(OC(=O)C31)C2OC(=O)C([I-]C)C1N[I-]1. The van der Waals surface area contributed by atoms with Crippen LogP contribution in [0.4, 0.5) is 0 Å². The summed E-state index contributed by atoms with van der Waals surface area (Å²) in [7, 11) is 0. The van der Waals surface area contributed by atoms with E-state index in [-0.39, 0.29) is 89.1 Å². The number of nitrogens with one attached hydrogen (secondary N) is 1. The molecule has 2 aliphatic heterocycles. The summed E-state index contributed by atoms with van der Waals surface area (Å²) in [5, 5.41) is 0. The van der Waals surface area contributed by atoms with Gasteiger partial charge in [-0.05, 0) is 0 Å². The molecule has 0 aromatic heterocycles. The first-order valence-electron chi connectivity index (χ1n) is 8.00. The molecular formula is C15H19I2NO6-2. The summed E-state index contributed by atoms with van der Waals surface area (Å²) in [6.45, 7) is 2.03.